The number of nitrogens with one attached hydrogen (secondary N) is 3. The Balaban J connectivity index is 1.98. The van der Waals surface area contributed by atoms with Crippen LogP contribution in [0, 0.1) is 0 Å². The Morgan fingerprint density at radius 3 is 2.54 bits per heavy atom. The number of methoxy groups -OCH3 is 1. The molecule has 1 aliphatic rings. The first kappa shape index (κ1) is 19.7. The molecule has 0 aliphatic carbocycles. The van der Waals surface area contributed by atoms with E-state index >= 15 is 0 Å². The van der Waals surface area contributed by atoms with Gasteiger partial charge in [0.1, 0.15) is 11.5 Å². The first-order valence-electron chi connectivity index (χ1n) is 8.99. The average Bonchev–Trinajstić information content (AvgIpc) is 2.69. The number of carbonyl (C=O) groups is 1. The van der Waals surface area contributed by atoms with Gasteiger partial charge in [0.05, 0.1) is 31.0 Å². The largest absolute Gasteiger partial charge is 0.496 e. The van der Waals surface area contributed by atoms with Gasteiger partial charge >= 0.3 is 0 Å². The Hall–Kier alpha value is -3.06. The third kappa shape index (κ3) is 4.09. The van der Waals surface area contributed by atoms with E-state index < -0.39 is 6.04 Å². The normalized spacial score (nSPS) is 16.1. The van der Waals surface area contributed by atoms with Gasteiger partial charge < -0.3 is 25.4 Å². The topological polar surface area (TPSA) is 71.6 Å². The fraction of sp³-hybridized carbons (Fsp3) is 0.238. The number of benzene rings is 2. The number of anilines is 1. The molecule has 2 aromatic rings. The van der Waals surface area contributed by atoms with Crippen LogP contribution in [0.15, 0.2) is 59.8 Å². The summed E-state index contributed by atoms with van der Waals surface area (Å²) in [6, 6.07) is 14.5. The van der Waals surface area contributed by atoms with Crippen LogP contribution in [0.3, 0.4) is 0 Å². The molecule has 3 rings (SSSR count). The minimum absolute atomic E-state index is 0.247. The number of rotatable bonds is 6. The van der Waals surface area contributed by atoms with Gasteiger partial charge in [-0.25, -0.2) is 0 Å². The predicted octanol–water partition coefficient (Wildman–Crippen LogP) is 3.53. The minimum Gasteiger partial charge on any atom is -0.496 e. The number of ether oxygens (including phenoxy) is 2. The lowest BCUT2D eigenvalue weighted by Crippen LogP contribution is -2.45. The standard InChI is InChI=1S/C21H23N3O3S/c1-4-27-17-12-8-6-10-15(17)23-20(25)18-13(2)22-21(28)24-19(18)14-9-5-7-11-16(14)26-3/h5-12,19H,4H2,1-3H3,(H,23,25)(H2,22,24,28)/t19-/m1/s1. The molecule has 3 N–H and O–H groups in total. The monoisotopic (exact) mass is 397 g/mol. The molecule has 1 heterocycles. The third-order valence-corrected chi connectivity index (χ3v) is 4.62. The highest BCUT2D eigenvalue weighted by molar-refractivity contribution is 7.80. The number of hydrogen-bond acceptors (Lipinski definition) is 4. The van der Waals surface area contributed by atoms with Crippen LogP contribution in [0.1, 0.15) is 25.5 Å². The van der Waals surface area contributed by atoms with E-state index in [1.165, 1.54) is 0 Å². The molecule has 0 aromatic heterocycles. The highest BCUT2D eigenvalue weighted by Crippen LogP contribution is 2.34. The summed E-state index contributed by atoms with van der Waals surface area (Å²) in [5.74, 6) is 1.05. The average molecular weight is 398 g/mol. The van der Waals surface area contributed by atoms with Crippen LogP contribution in [0.5, 0.6) is 11.5 Å². The van der Waals surface area contributed by atoms with Crippen molar-refractivity contribution in [1.29, 1.82) is 0 Å². The van der Waals surface area contributed by atoms with E-state index in [2.05, 4.69) is 16.0 Å². The van der Waals surface area contributed by atoms with Crippen LogP contribution in [-0.4, -0.2) is 24.7 Å². The second kappa shape index (κ2) is 8.75. The summed E-state index contributed by atoms with van der Waals surface area (Å²) in [4.78, 5) is 13.2. The Bertz CT molecular complexity index is 927. The van der Waals surface area contributed by atoms with E-state index in [9.17, 15) is 4.79 Å². The third-order valence-electron chi connectivity index (χ3n) is 4.40. The molecular formula is C21H23N3O3S. The molecule has 0 saturated carbocycles. The molecule has 1 aliphatic heterocycles. The SMILES string of the molecule is CCOc1ccccc1NC(=O)C1=C(C)NC(=S)N[C@@H]1c1ccccc1OC. The van der Waals surface area contributed by atoms with Crippen molar-refractivity contribution >= 4 is 28.9 Å². The molecule has 2 aromatic carbocycles. The molecular weight excluding hydrogens is 374 g/mol. The van der Waals surface area contributed by atoms with Crippen molar-refractivity contribution < 1.29 is 14.3 Å². The summed E-state index contributed by atoms with van der Waals surface area (Å²) >= 11 is 5.31. The van der Waals surface area contributed by atoms with Gasteiger partial charge in [-0.15, -0.1) is 0 Å². The maximum atomic E-state index is 13.2. The van der Waals surface area contributed by atoms with Crippen molar-refractivity contribution in [3.05, 3.63) is 65.4 Å². The molecule has 0 saturated heterocycles. The second-order valence-corrected chi connectivity index (χ2v) is 6.60. The molecule has 0 spiro atoms. The fourth-order valence-electron chi connectivity index (χ4n) is 3.17. The van der Waals surface area contributed by atoms with Crippen LogP contribution in [0.2, 0.25) is 0 Å². The molecule has 146 valence electrons. The van der Waals surface area contributed by atoms with Crippen molar-refractivity contribution in [3.8, 4) is 11.5 Å². The fourth-order valence-corrected chi connectivity index (χ4v) is 3.44. The summed E-state index contributed by atoms with van der Waals surface area (Å²) in [5, 5.41) is 9.64. The number of thiocarbonyl (C=S) groups is 1. The predicted molar refractivity (Wildman–Crippen MR) is 114 cm³/mol. The van der Waals surface area contributed by atoms with Crippen molar-refractivity contribution in [2.45, 2.75) is 19.9 Å². The Kier molecular flexibility index (Phi) is 6.16. The van der Waals surface area contributed by atoms with E-state index in [1.807, 2.05) is 62.4 Å². The lowest BCUT2D eigenvalue weighted by molar-refractivity contribution is -0.113. The van der Waals surface area contributed by atoms with Crippen LogP contribution in [0.4, 0.5) is 5.69 Å². The van der Waals surface area contributed by atoms with Gasteiger partial charge in [-0.05, 0) is 44.3 Å². The van der Waals surface area contributed by atoms with Crippen molar-refractivity contribution in [2.75, 3.05) is 19.0 Å². The smallest absolute Gasteiger partial charge is 0.255 e. The lowest BCUT2D eigenvalue weighted by atomic mass is 9.94. The van der Waals surface area contributed by atoms with Crippen LogP contribution in [-0.2, 0) is 4.79 Å². The van der Waals surface area contributed by atoms with E-state index in [0.717, 1.165) is 5.56 Å². The van der Waals surface area contributed by atoms with Gasteiger partial charge in [0, 0.05) is 11.3 Å². The molecule has 6 nitrogen and oxygen atoms in total. The van der Waals surface area contributed by atoms with E-state index in [4.69, 9.17) is 21.7 Å². The van der Waals surface area contributed by atoms with Crippen LogP contribution in [0.25, 0.3) is 0 Å². The molecule has 0 radical (unpaired) electrons. The van der Waals surface area contributed by atoms with Gasteiger partial charge in [-0.3, -0.25) is 4.79 Å². The minimum atomic E-state index is -0.441. The maximum Gasteiger partial charge on any atom is 0.255 e. The number of carbonyl (C=O) groups excluding carboxylic acids is 1. The van der Waals surface area contributed by atoms with Gasteiger partial charge in [-0.1, -0.05) is 30.3 Å². The quantitative estimate of drug-likeness (QED) is 0.648. The van der Waals surface area contributed by atoms with E-state index in [-0.39, 0.29) is 5.91 Å². The molecule has 1 atom stereocenters. The molecule has 7 heteroatoms. The van der Waals surface area contributed by atoms with E-state index in [0.29, 0.717) is 40.2 Å². The van der Waals surface area contributed by atoms with Gasteiger partial charge in [-0.2, -0.15) is 0 Å². The zero-order valence-electron chi connectivity index (χ0n) is 16.0. The van der Waals surface area contributed by atoms with Gasteiger partial charge in [0.2, 0.25) is 0 Å². The first-order valence-corrected chi connectivity index (χ1v) is 9.40. The lowest BCUT2D eigenvalue weighted by Gasteiger charge is -2.31. The Morgan fingerprint density at radius 2 is 1.82 bits per heavy atom. The molecule has 0 unspecified atom stereocenters. The van der Waals surface area contributed by atoms with Gasteiger partial charge in [0.15, 0.2) is 5.11 Å². The molecule has 0 bridgehead atoms. The van der Waals surface area contributed by atoms with Crippen LogP contribution >= 0.6 is 12.2 Å². The van der Waals surface area contributed by atoms with Crippen LogP contribution < -0.4 is 25.4 Å². The molecule has 28 heavy (non-hydrogen) atoms. The summed E-state index contributed by atoms with van der Waals surface area (Å²) in [6.07, 6.45) is 0. The summed E-state index contributed by atoms with van der Waals surface area (Å²) in [5.41, 5.74) is 2.66. The highest BCUT2D eigenvalue weighted by Gasteiger charge is 2.32. The molecule has 1 amide bonds. The Morgan fingerprint density at radius 1 is 1.14 bits per heavy atom. The zero-order valence-corrected chi connectivity index (χ0v) is 16.9. The maximum absolute atomic E-state index is 13.2. The van der Waals surface area contributed by atoms with E-state index in [1.54, 1.807) is 7.11 Å². The summed E-state index contributed by atoms with van der Waals surface area (Å²) in [6.45, 7) is 4.24. The first-order chi connectivity index (χ1) is 13.5. The van der Waals surface area contributed by atoms with Crippen molar-refractivity contribution in [2.24, 2.45) is 0 Å². The second-order valence-electron chi connectivity index (χ2n) is 6.20. The summed E-state index contributed by atoms with van der Waals surface area (Å²) < 4.78 is 11.1. The van der Waals surface area contributed by atoms with Gasteiger partial charge in [0.25, 0.3) is 5.91 Å². The zero-order chi connectivity index (χ0) is 20.1. The summed E-state index contributed by atoms with van der Waals surface area (Å²) in [7, 11) is 1.60. The van der Waals surface area contributed by atoms with Crippen molar-refractivity contribution in [1.82, 2.24) is 10.6 Å². The highest BCUT2D eigenvalue weighted by atomic mass is 32.1. The molecule has 0 fully saturated rings. The number of amides is 1. The van der Waals surface area contributed by atoms with Crippen molar-refractivity contribution in [3.63, 3.8) is 0 Å². The number of hydrogen-bond donors (Lipinski definition) is 3. The number of para-hydroxylation sites is 3. The number of allylic oxidation sites excluding steroid dienone is 1. The Labute approximate surface area is 169 Å².